The lowest BCUT2D eigenvalue weighted by molar-refractivity contribution is -0.143. The smallest absolute Gasteiger partial charge is 0.326 e. The van der Waals surface area contributed by atoms with Crippen molar-refractivity contribution in [3.63, 3.8) is 0 Å². The van der Waals surface area contributed by atoms with Gasteiger partial charge in [0, 0.05) is 0 Å². The topological polar surface area (TPSA) is 85.8 Å². The highest BCUT2D eigenvalue weighted by atomic mass is 79.9. The van der Waals surface area contributed by atoms with Gasteiger partial charge in [0.2, 0.25) is 0 Å². The quantitative estimate of drug-likeness (QED) is 0.805. The molecule has 0 bridgehead atoms. The summed E-state index contributed by atoms with van der Waals surface area (Å²) in [5, 5.41) is 14.4. The van der Waals surface area contributed by atoms with Crippen molar-refractivity contribution in [2.45, 2.75) is 33.4 Å². The highest BCUT2D eigenvalue weighted by Gasteiger charge is 2.21. The van der Waals surface area contributed by atoms with Gasteiger partial charge in [-0.05, 0) is 34.8 Å². The minimum absolute atomic E-state index is 0.0197. The summed E-state index contributed by atoms with van der Waals surface area (Å²) in [5.41, 5.74) is 0.427. The Morgan fingerprint density at radius 2 is 2.18 bits per heavy atom. The number of hydrogen-bond donors (Lipinski definition) is 1. The number of carbonyl (C=O) groups is 1. The maximum Gasteiger partial charge on any atom is 0.326 e. The Balaban J connectivity index is 2.51. The summed E-state index contributed by atoms with van der Waals surface area (Å²) in [5.74, 6) is -0.519. The first-order chi connectivity index (χ1) is 10.4. The number of rotatable bonds is 5. The third-order valence-corrected chi connectivity index (χ3v) is 3.87. The maximum atomic E-state index is 12.5. The van der Waals surface area contributed by atoms with Crippen LogP contribution in [0.3, 0.4) is 0 Å². The van der Waals surface area contributed by atoms with Crippen molar-refractivity contribution in [3.8, 4) is 0 Å². The van der Waals surface area contributed by atoms with E-state index < -0.39 is 12.1 Å². The van der Waals surface area contributed by atoms with Crippen LogP contribution in [0.4, 0.5) is 0 Å². The predicted octanol–water partition coefficient (Wildman–Crippen LogP) is 1.51. The van der Waals surface area contributed by atoms with E-state index in [9.17, 15) is 14.7 Å². The van der Waals surface area contributed by atoms with E-state index in [1.807, 2.05) is 13.8 Å². The van der Waals surface area contributed by atoms with Crippen LogP contribution in [0.1, 0.15) is 32.6 Å². The van der Waals surface area contributed by atoms with Gasteiger partial charge in [0.25, 0.3) is 5.56 Å². The number of hydrogen-bond acceptors (Lipinski definition) is 5. The van der Waals surface area contributed by atoms with Crippen LogP contribution in [-0.2, 0) is 16.1 Å². The standard InChI is InChI=1S/C14H18BrN3O4/c1-4-22-11(19)6-17-7-16-18-10(13(20)8(2)3)5-9(15)12(18)14(17)21/h5,7-8,13,20H,4,6H2,1-3H3. The molecule has 120 valence electrons. The average Bonchev–Trinajstić information content (AvgIpc) is 2.79. The van der Waals surface area contributed by atoms with Crippen molar-refractivity contribution in [1.29, 1.82) is 0 Å². The second kappa shape index (κ2) is 6.62. The van der Waals surface area contributed by atoms with Crippen LogP contribution in [0.25, 0.3) is 5.52 Å². The van der Waals surface area contributed by atoms with Gasteiger partial charge in [-0.25, -0.2) is 4.52 Å². The summed E-state index contributed by atoms with van der Waals surface area (Å²) in [6, 6.07) is 1.67. The van der Waals surface area contributed by atoms with Gasteiger partial charge in [-0.1, -0.05) is 13.8 Å². The second-order valence-corrected chi connectivity index (χ2v) is 6.09. The molecule has 1 unspecified atom stereocenters. The van der Waals surface area contributed by atoms with Crippen LogP contribution < -0.4 is 5.56 Å². The number of carbonyl (C=O) groups excluding carboxylic acids is 1. The monoisotopic (exact) mass is 371 g/mol. The zero-order valence-corrected chi connectivity index (χ0v) is 14.2. The van der Waals surface area contributed by atoms with Crippen molar-refractivity contribution < 1.29 is 14.6 Å². The molecule has 7 nitrogen and oxygen atoms in total. The summed E-state index contributed by atoms with van der Waals surface area (Å²) >= 11 is 3.32. The molecule has 22 heavy (non-hydrogen) atoms. The van der Waals surface area contributed by atoms with Crippen LogP contribution in [0, 0.1) is 5.92 Å². The Kier molecular flexibility index (Phi) is 5.02. The molecule has 0 aliphatic rings. The summed E-state index contributed by atoms with van der Waals surface area (Å²) in [6.45, 7) is 5.50. The summed E-state index contributed by atoms with van der Waals surface area (Å²) in [4.78, 5) is 24.0. The first kappa shape index (κ1) is 16.7. The molecule has 2 rings (SSSR count). The highest BCUT2D eigenvalue weighted by Crippen LogP contribution is 2.27. The molecule has 2 aromatic rings. The number of halogens is 1. The van der Waals surface area contributed by atoms with Gasteiger partial charge in [0.15, 0.2) is 0 Å². The largest absolute Gasteiger partial charge is 0.465 e. The van der Waals surface area contributed by atoms with Crippen molar-refractivity contribution in [2.75, 3.05) is 6.61 Å². The number of esters is 1. The van der Waals surface area contributed by atoms with Crippen molar-refractivity contribution in [1.82, 2.24) is 14.2 Å². The van der Waals surface area contributed by atoms with Crippen molar-refractivity contribution in [3.05, 3.63) is 32.9 Å². The van der Waals surface area contributed by atoms with Crippen molar-refractivity contribution in [2.24, 2.45) is 5.92 Å². The molecule has 0 radical (unpaired) electrons. The number of aliphatic hydroxyl groups is 1. The number of ether oxygens (including phenoxy) is 1. The SMILES string of the molecule is CCOC(=O)Cn1cnn2c(C(O)C(C)C)cc(Br)c2c1=O. The van der Waals surface area contributed by atoms with Crippen molar-refractivity contribution >= 4 is 27.4 Å². The second-order valence-electron chi connectivity index (χ2n) is 5.24. The normalized spacial score (nSPS) is 12.8. The molecule has 0 fully saturated rings. The fourth-order valence-electron chi connectivity index (χ4n) is 2.12. The van der Waals surface area contributed by atoms with Gasteiger partial charge in [-0.3, -0.25) is 14.2 Å². The Morgan fingerprint density at radius 1 is 1.50 bits per heavy atom. The molecule has 1 N–H and O–H groups in total. The fraction of sp³-hybridized carbons (Fsp3) is 0.500. The lowest BCUT2D eigenvalue weighted by atomic mass is 10.1. The van der Waals surface area contributed by atoms with E-state index in [-0.39, 0.29) is 30.1 Å². The number of nitrogens with zero attached hydrogens (tertiary/aromatic N) is 3. The third kappa shape index (κ3) is 3.07. The molecule has 0 aromatic carbocycles. The molecule has 0 aliphatic carbocycles. The van der Waals surface area contributed by atoms with Crippen LogP contribution in [0.15, 0.2) is 21.7 Å². The van der Waals surface area contributed by atoms with E-state index in [0.29, 0.717) is 10.2 Å². The van der Waals surface area contributed by atoms with E-state index in [2.05, 4.69) is 21.0 Å². The number of fused-ring (bicyclic) bond motifs is 1. The molecule has 0 spiro atoms. The third-order valence-electron chi connectivity index (χ3n) is 3.27. The van der Waals surface area contributed by atoms with Gasteiger partial charge >= 0.3 is 5.97 Å². The molecule has 0 saturated heterocycles. The fourth-order valence-corrected chi connectivity index (χ4v) is 2.69. The van der Waals surface area contributed by atoms with Gasteiger partial charge in [-0.2, -0.15) is 5.10 Å². The Bertz CT molecular complexity index is 750. The minimum Gasteiger partial charge on any atom is -0.465 e. The van der Waals surface area contributed by atoms with Gasteiger partial charge < -0.3 is 9.84 Å². The molecule has 1 atom stereocenters. The predicted molar refractivity (Wildman–Crippen MR) is 83.6 cm³/mol. The molecular weight excluding hydrogens is 354 g/mol. The highest BCUT2D eigenvalue weighted by molar-refractivity contribution is 9.10. The number of aromatic nitrogens is 3. The average molecular weight is 372 g/mol. The van der Waals surface area contributed by atoms with E-state index in [1.54, 1.807) is 13.0 Å². The van der Waals surface area contributed by atoms with Crippen LogP contribution >= 0.6 is 15.9 Å². The zero-order valence-electron chi connectivity index (χ0n) is 12.6. The summed E-state index contributed by atoms with van der Waals surface area (Å²) in [7, 11) is 0. The molecule has 2 aromatic heterocycles. The Labute approximate surface area is 135 Å². The Morgan fingerprint density at radius 3 is 2.77 bits per heavy atom. The van der Waals surface area contributed by atoms with E-state index >= 15 is 0 Å². The molecule has 0 saturated carbocycles. The zero-order chi connectivity index (χ0) is 16.4. The maximum absolute atomic E-state index is 12.5. The van der Waals surface area contributed by atoms with Gasteiger partial charge in [0.1, 0.15) is 18.4 Å². The first-order valence-electron chi connectivity index (χ1n) is 6.97. The van der Waals surface area contributed by atoms with E-state index in [1.165, 1.54) is 15.4 Å². The van der Waals surface area contributed by atoms with E-state index in [4.69, 9.17) is 4.74 Å². The lowest BCUT2D eigenvalue weighted by Gasteiger charge is -2.14. The molecule has 0 amide bonds. The molecule has 0 aliphatic heterocycles. The lowest BCUT2D eigenvalue weighted by Crippen LogP contribution is -2.28. The van der Waals surface area contributed by atoms with E-state index in [0.717, 1.165) is 0 Å². The summed E-state index contributed by atoms with van der Waals surface area (Å²) < 4.78 is 7.94. The molecule has 8 heteroatoms. The van der Waals surface area contributed by atoms with Crippen LogP contribution in [-0.4, -0.2) is 31.9 Å². The first-order valence-corrected chi connectivity index (χ1v) is 7.76. The Hall–Kier alpha value is -1.67. The number of aliphatic hydroxyl groups excluding tert-OH is 1. The van der Waals surface area contributed by atoms with Gasteiger partial charge in [0.05, 0.1) is 22.9 Å². The summed E-state index contributed by atoms with van der Waals surface area (Å²) in [6.07, 6.45) is 0.529. The molecule has 2 heterocycles. The molecular formula is C14H18BrN3O4. The van der Waals surface area contributed by atoms with Gasteiger partial charge in [-0.15, -0.1) is 0 Å². The van der Waals surface area contributed by atoms with Crippen LogP contribution in [0.2, 0.25) is 0 Å². The van der Waals surface area contributed by atoms with Crippen LogP contribution in [0.5, 0.6) is 0 Å². The minimum atomic E-state index is -0.744.